The van der Waals surface area contributed by atoms with E-state index in [2.05, 4.69) is 10.6 Å². The fourth-order valence-electron chi connectivity index (χ4n) is 3.02. The normalized spacial score (nSPS) is 30.4. The Bertz CT molecular complexity index is 296. The van der Waals surface area contributed by atoms with Crippen molar-refractivity contribution in [2.45, 2.75) is 63.6 Å². The van der Waals surface area contributed by atoms with Gasteiger partial charge in [-0.25, -0.2) is 0 Å². The van der Waals surface area contributed by atoms with Crippen molar-refractivity contribution in [3.05, 3.63) is 0 Å². The molecule has 0 aromatic carbocycles. The third-order valence-electron chi connectivity index (χ3n) is 4.42. The number of hydrogen-bond donors (Lipinski definition) is 2. The van der Waals surface area contributed by atoms with Gasteiger partial charge in [-0.05, 0) is 39.0 Å². The van der Waals surface area contributed by atoms with Crippen molar-refractivity contribution in [2.24, 2.45) is 5.92 Å². The molecule has 1 aliphatic carbocycles. The Hall–Kier alpha value is -0.320. The molecule has 0 spiro atoms. The van der Waals surface area contributed by atoms with E-state index in [9.17, 15) is 4.79 Å². The molecule has 1 saturated carbocycles. The first-order valence-electron chi connectivity index (χ1n) is 7.11. The molecule has 4 nitrogen and oxygen atoms in total. The summed E-state index contributed by atoms with van der Waals surface area (Å²) in [4.78, 5) is 12.1. The Balaban J connectivity index is 0.00000180. The number of carbonyl (C=O) groups is 1. The Morgan fingerprint density at radius 2 is 2.05 bits per heavy atom. The van der Waals surface area contributed by atoms with Crippen LogP contribution in [0.2, 0.25) is 0 Å². The Labute approximate surface area is 122 Å². The van der Waals surface area contributed by atoms with E-state index in [0.29, 0.717) is 18.5 Å². The first-order valence-corrected chi connectivity index (χ1v) is 7.11. The van der Waals surface area contributed by atoms with Gasteiger partial charge in [0.05, 0.1) is 11.6 Å². The van der Waals surface area contributed by atoms with Crippen LogP contribution in [0.4, 0.5) is 0 Å². The molecule has 1 aliphatic heterocycles. The Kier molecular flexibility index (Phi) is 6.09. The van der Waals surface area contributed by atoms with Crippen LogP contribution in [-0.4, -0.2) is 37.2 Å². The molecule has 19 heavy (non-hydrogen) atoms. The lowest BCUT2D eigenvalue weighted by Gasteiger charge is -2.24. The van der Waals surface area contributed by atoms with Gasteiger partial charge in [0.25, 0.3) is 0 Å². The SMILES string of the molecule is COC(C)(C)CNC(=O)C1CC2CCCCC2N1.Cl. The maximum absolute atomic E-state index is 12.1. The smallest absolute Gasteiger partial charge is 0.237 e. The molecule has 3 atom stereocenters. The average molecular weight is 291 g/mol. The maximum atomic E-state index is 12.1. The maximum Gasteiger partial charge on any atom is 0.237 e. The van der Waals surface area contributed by atoms with Crippen LogP contribution in [0, 0.1) is 5.92 Å². The zero-order valence-corrected chi connectivity index (χ0v) is 13.0. The van der Waals surface area contributed by atoms with Crippen molar-refractivity contribution in [1.29, 1.82) is 0 Å². The lowest BCUT2D eigenvalue weighted by atomic mass is 9.85. The predicted molar refractivity (Wildman–Crippen MR) is 78.6 cm³/mol. The van der Waals surface area contributed by atoms with E-state index in [1.165, 1.54) is 25.7 Å². The fraction of sp³-hybridized carbons (Fsp3) is 0.929. The van der Waals surface area contributed by atoms with Crippen LogP contribution in [-0.2, 0) is 9.53 Å². The van der Waals surface area contributed by atoms with Gasteiger partial charge in [0.1, 0.15) is 0 Å². The van der Waals surface area contributed by atoms with Crippen LogP contribution in [0.15, 0.2) is 0 Å². The first kappa shape index (κ1) is 16.7. The number of carbonyl (C=O) groups excluding carboxylic acids is 1. The molecule has 3 unspecified atom stereocenters. The van der Waals surface area contributed by atoms with Crippen molar-refractivity contribution >= 4 is 18.3 Å². The van der Waals surface area contributed by atoms with E-state index in [1.54, 1.807) is 7.11 Å². The molecule has 0 aromatic rings. The number of nitrogens with one attached hydrogen (secondary N) is 2. The Morgan fingerprint density at radius 3 is 2.68 bits per heavy atom. The predicted octanol–water partition coefficient (Wildman–Crippen LogP) is 1.87. The number of fused-ring (bicyclic) bond motifs is 1. The van der Waals surface area contributed by atoms with E-state index < -0.39 is 0 Å². The van der Waals surface area contributed by atoms with Crippen LogP contribution >= 0.6 is 12.4 Å². The minimum Gasteiger partial charge on any atom is -0.377 e. The van der Waals surface area contributed by atoms with E-state index in [-0.39, 0.29) is 30.0 Å². The number of amides is 1. The molecule has 1 heterocycles. The summed E-state index contributed by atoms with van der Waals surface area (Å²) < 4.78 is 5.31. The van der Waals surface area contributed by atoms with E-state index in [4.69, 9.17) is 4.74 Å². The Morgan fingerprint density at radius 1 is 1.37 bits per heavy atom. The van der Waals surface area contributed by atoms with Crippen LogP contribution in [0.1, 0.15) is 46.0 Å². The average Bonchev–Trinajstić information content (AvgIpc) is 2.80. The highest BCUT2D eigenvalue weighted by Crippen LogP contribution is 2.33. The second kappa shape index (κ2) is 6.91. The third kappa shape index (κ3) is 4.33. The lowest BCUT2D eigenvalue weighted by Crippen LogP contribution is -2.47. The molecule has 0 radical (unpaired) electrons. The van der Waals surface area contributed by atoms with Gasteiger partial charge in [-0.3, -0.25) is 4.79 Å². The first-order chi connectivity index (χ1) is 8.52. The van der Waals surface area contributed by atoms with Crippen molar-refractivity contribution < 1.29 is 9.53 Å². The van der Waals surface area contributed by atoms with E-state index in [0.717, 1.165) is 6.42 Å². The van der Waals surface area contributed by atoms with Gasteiger partial charge in [0.2, 0.25) is 5.91 Å². The van der Waals surface area contributed by atoms with Crippen LogP contribution in [0.5, 0.6) is 0 Å². The summed E-state index contributed by atoms with van der Waals surface area (Å²) in [5.74, 6) is 0.847. The second-order valence-corrected chi connectivity index (χ2v) is 6.29. The van der Waals surface area contributed by atoms with Gasteiger partial charge < -0.3 is 15.4 Å². The molecule has 5 heteroatoms. The standard InChI is InChI=1S/C14H26N2O2.ClH/c1-14(2,18-3)9-15-13(17)12-8-10-6-4-5-7-11(10)16-12;/h10-12,16H,4-9H2,1-3H3,(H,15,17);1H. The van der Waals surface area contributed by atoms with Crippen LogP contribution < -0.4 is 10.6 Å². The summed E-state index contributed by atoms with van der Waals surface area (Å²) in [6.07, 6.45) is 6.15. The minimum absolute atomic E-state index is 0. The molecule has 1 saturated heterocycles. The molecular weight excluding hydrogens is 264 g/mol. The lowest BCUT2D eigenvalue weighted by molar-refractivity contribution is -0.124. The molecule has 0 aromatic heterocycles. The quantitative estimate of drug-likeness (QED) is 0.831. The molecule has 2 N–H and O–H groups in total. The van der Waals surface area contributed by atoms with Gasteiger partial charge in [0.15, 0.2) is 0 Å². The fourth-order valence-corrected chi connectivity index (χ4v) is 3.02. The zero-order chi connectivity index (χ0) is 13.2. The highest BCUT2D eigenvalue weighted by atomic mass is 35.5. The third-order valence-corrected chi connectivity index (χ3v) is 4.42. The summed E-state index contributed by atoms with van der Waals surface area (Å²) in [7, 11) is 1.68. The highest BCUT2D eigenvalue weighted by molar-refractivity contribution is 5.85. The van der Waals surface area contributed by atoms with Crippen LogP contribution in [0.25, 0.3) is 0 Å². The van der Waals surface area contributed by atoms with E-state index >= 15 is 0 Å². The summed E-state index contributed by atoms with van der Waals surface area (Å²) in [6, 6.07) is 0.579. The monoisotopic (exact) mass is 290 g/mol. The number of halogens is 1. The highest BCUT2D eigenvalue weighted by Gasteiger charge is 2.38. The van der Waals surface area contributed by atoms with Crippen molar-refractivity contribution in [3.63, 3.8) is 0 Å². The number of methoxy groups -OCH3 is 1. The topological polar surface area (TPSA) is 50.4 Å². The molecule has 2 fully saturated rings. The summed E-state index contributed by atoms with van der Waals surface area (Å²) in [5, 5.41) is 6.49. The minimum atomic E-state index is -0.291. The van der Waals surface area contributed by atoms with E-state index in [1.807, 2.05) is 13.8 Å². The zero-order valence-electron chi connectivity index (χ0n) is 12.2. The molecule has 112 valence electrons. The number of hydrogen-bond acceptors (Lipinski definition) is 3. The van der Waals surface area contributed by atoms with Crippen molar-refractivity contribution in [3.8, 4) is 0 Å². The van der Waals surface area contributed by atoms with Crippen molar-refractivity contribution in [2.75, 3.05) is 13.7 Å². The molecule has 1 amide bonds. The summed E-state index contributed by atoms with van der Waals surface area (Å²) >= 11 is 0. The van der Waals surface area contributed by atoms with Crippen LogP contribution in [0.3, 0.4) is 0 Å². The number of ether oxygens (including phenoxy) is 1. The van der Waals surface area contributed by atoms with Gasteiger partial charge in [-0.1, -0.05) is 12.8 Å². The number of rotatable bonds is 4. The molecule has 2 aliphatic rings. The largest absolute Gasteiger partial charge is 0.377 e. The van der Waals surface area contributed by atoms with Gasteiger partial charge in [-0.2, -0.15) is 0 Å². The van der Waals surface area contributed by atoms with Gasteiger partial charge >= 0.3 is 0 Å². The molecule has 0 bridgehead atoms. The van der Waals surface area contributed by atoms with Gasteiger partial charge in [0, 0.05) is 19.7 Å². The summed E-state index contributed by atoms with van der Waals surface area (Å²) in [6.45, 7) is 4.53. The second-order valence-electron chi connectivity index (χ2n) is 6.29. The molecular formula is C14H27ClN2O2. The summed E-state index contributed by atoms with van der Waals surface area (Å²) in [5.41, 5.74) is -0.291. The van der Waals surface area contributed by atoms with Gasteiger partial charge in [-0.15, -0.1) is 12.4 Å². The molecule has 2 rings (SSSR count). The van der Waals surface area contributed by atoms with Crippen molar-refractivity contribution in [1.82, 2.24) is 10.6 Å².